The molecule has 0 aliphatic heterocycles. The van der Waals surface area contributed by atoms with E-state index in [0.29, 0.717) is 23.6 Å². The highest BCUT2D eigenvalue weighted by atomic mass is 19.4. The lowest BCUT2D eigenvalue weighted by atomic mass is 10.0. The van der Waals surface area contributed by atoms with Crippen LogP contribution >= 0.6 is 0 Å². The summed E-state index contributed by atoms with van der Waals surface area (Å²) < 4.78 is 44.3. The topological polar surface area (TPSA) is 88.5 Å². The molecule has 196 valence electrons. The van der Waals surface area contributed by atoms with Gasteiger partial charge >= 0.3 is 12.1 Å². The first-order valence-corrected chi connectivity index (χ1v) is 11.9. The second-order valence-electron chi connectivity index (χ2n) is 9.01. The minimum absolute atomic E-state index is 0.0563. The van der Waals surface area contributed by atoms with Gasteiger partial charge in [0.15, 0.2) is 5.78 Å². The van der Waals surface area contributed by atoms with Crippen molar-refractivity contribution < 1.29 is 32.6 Å². The predicted molar refractivity (Wildman–Crippen MR) is 135 cm³/mol. The number of ketones is 1. The quantitative estimate of drug-likeness (QED) is 0.261. The molecular weight excluding hydrogens is 485 g/mol. The molecule has 2 aromatic carbocycles. The number of alkyl halides is 3. The molecule has 37 heavy (non-hydrogen) atoms. The molecule has 0 aliphatic carbocycles. The summed E-state index contributed by atoms with van der Waals surface area (Å²) in [7, 11) is 0. The Hall–Kier alpha value is -3.88. The van der Waals surface area contributed by atoms with Gasteiger partial charge in [-0.05, 0) is 59.9 Å². The lowest BCUT2D eigenvalue weighted by Crippen LogP contribution is -2.32. The van der Waals surface area contributed by atoms with E-state index in [4.69, 9.17) is 9.84 Å². The maximum Gasteiger partial charge on any atom is 0.416 e. The van der Waals surface area contributed by atoms with Crippen molar-refractivity contribution in [2.24, 2.45) is 5.92 Å². The van der Waals surface area contributed by atoms with Gasteiger partial charge in [0.05, 0.1) is 23.5 Å². The van der Waals surface area contributed by atoms with Gasteiger partial charge in [-0.15, -0.1) is 0 Å². The molecule has 1 atom stereocenters. The molecule has 3 rings (SSSR count). The molecule has 6 nitrogen and oxygen atoms in total. The summed E-state index contributed by atoms with van der Waals surface area (Å²) in [6, 6.07) is 15.5. The van der Waals surface area contributed by atoms with E-state index in [1.807, 2.05) is 13.8 Å². The Balaban J connectivity index is 1.55. The highest BCUT2D eigenvalue weighted by molar-refractivity contribution is 5.94. The molecule has 0 saturated heterocycles. The number of anilines is 1. The fourth-order valence-electron chi connectivity index (χ4n) is 3.57. The third-order valence-electron chi connectivity index (χ3n) is 5.83. The molecule has 3 aromatic rings. The Morgan fingerprint density at radius 1 is 0.946 bits per heavy atom. The van der Waals surface area contributed by atoms with Crippen molar-refractivity contribution in [2.75, 3.05) is 11.9 Å². The number of carbonyl (C=O) groups is 2. The Kier molecular flexibility index (Phi) is 9.27. The average molecular weight is 515 g/mol. The number of aliphatic carboxylic acids is 1. The molecule has 1 heterocycles. The molecule has 2 N–H and O–H groups in total. The summed E-state index contributed by atoms with van der Waals surface area (Å²) >= 11 is 0. The largest absolute Gasteiger partial charge is 0.491 e. The average Bonchev–Trinajstić information content (AvgIpc) is 2.86. The van der Waals surface area contributed by atoms with Gasteiger partial charge < -0.3 is 15.2 Å². The van der Waals surface area contributed by atoms with Crippen LogP contribution in [0, 0.1) is 5.92 Å². The van der Waals surface area contributed by atoms with Crippen LogP contribution in [-0.4, -0.2) is 34.5 Å². The lowest BCUT2D eigenvalue weighted by Gasteiger charge is -2.24. The predicted octanol–water partition coefficient (Wildman–Crippen LogP) is 6.72. The van der Waals surface area contributed by atoms with E-state index in [2.05, 4.69) is 10.3 Å². The number of rotatable bonds is 12. The highest BCUT2D eigenvalue weighted by Gasteiger charge is 2.30. The van der Waals surface area contributed by atoms with Gasteiger partial charge in [0.2, 0.25) is 0 Å². The second kappa shape index (κ2) is 12.4. The normalized spacial score (nSPS) is 12.3. The molecule has 0 amide bonds. The summed E-state index contributed by atoms with van der Waals surface area (Å²) in [5.41, 5.74) is 1.79. The van der Waals surface area contributed by atoms with Gasteiger partial charge in [0.1, 0.15) is 18.1 Å². The SMILES string of the molecule is CC(C)[C@@H](COc1ccc(-c2ccc(C(F)(F)F)cc2)cc1)Nc1ccc(C(=O)CCCC(=O)O)nc1. The highest BCUT2D eigenvalue weighted by Crippen LogP contribution is 2.31. The van der Waals surface area contributed by atoms with E-state index in [0.717, 1.165) is 23.4 Å². The first kappa shape index (κ1) is 27.7. The van der Waals surface area contributed by atoms with Crippen LogP contribution in [0.25, 0.3) is 11.1 Å². The van der Waals surface area contributed by atoms with E-state index >= 15 is 0 Å². The van der Waals surface area contributed by atoms with Crippen molar-refractivity contribution in [2.45, 2.75) is 45.3 Å². The number of hydrogen-bond donors (Lipinski definition) is 2. The number of nitrogens with one attached hydrogen (secondary N) is 1. The van der Waals surface area contributed by atoms with Crippen molar-refractivity contribution in [3.8, 4) is 16.9 Å². The van der Waals surface area contributed by atoms with Crippen molar-refractivity contribution in [1.29, 1.82) is 0 Å². The molecule has 9 heteroatoms. The van der Waals surface area contributed by atoms with Crippen molar-refractivity contribution in [3.05, 3.63) is 78.1 Å². The number of carboxylic acids is 1. The summed E-state index contributed by atoms with van der Waals surface area (Å²) in [5, 5.41) is 12.1. The third kappa shape index (κ3) is 8.34. The standard InChI is InChI=1S/C28H29F3N2O4/c1-18(2)25(33-22-12-15-24(32-16-22)26(34)4-3-5-27(35)36)17-37-23-13-8-20(9-14-23)19-6-10-21(11-7-19)28(29,30)31/h6-16,18,25,33H,3-5,17H2,1-2H3,(H,35,36)/t25-/m1/s1. The number of ether oxygens (including phenoxy) is 1. The van der Waals surface area contributed by atoms with Gasteiger partial charge in [0.25, 0.3) is 0 Å². The molecule has 0 aliphatic rings. The van der Waals surface area contributed by atoms with Crippen molar-refractivity contribution >= 4 is 17.4 Å². The van der Waals surface area contributed by atoms with Crippen LogP contribution in [0.5, 0.6) is 5.75 Å². The van der Waals surface area contributed by atoms with Crippen LogP contribution in [0.4, 0.5) is 18.9 Å². The smallest absolute Gasteiger partial charge is 0.416 e. The maximum atomic E-state index is 12.8. The van der Waals surface area contributed by atoms with E-state index in [1.54, 1.807) is 42.6 Å². The van der Waals surface area contributed by atoms with Crippen LogP contribution in [0.15, 0.2) is 66.9 Å². The molecule has 0 fully saturated rings. The van der Waals surface area contributed by atoms with E-state index in [9.17, 15) is 22.8 Å². The summed E-state index contributed by atoms with van der Waals surface area (Å²) in [4.78, 5) is 27.0. The number of pyridine rings is 1. The van der Waals surface area contributed by atoms with Gasteiger partial charge in [0, 0.05) is 12.8 Å². The Morgan fingerprint density at radius 2 is 1.57 bits per heavy atom. The summed E-state index contributed by atoms with van der Waals surface area (Å²) in [6.45, 7) is 4.44. The van der Waals surface area contributed by atoms with Crippen LogP contribution < -0.4 is 10.1 Å². The molecule has 1 aromatic heterocycles. The number of hydrogen-bond acceptors (Lipinski definition) is 5. The maximum absolute atomic E-state index is 12.8. The zero-order valence-electron chi connectivity index (χ0n) is 20.6. The van der Waals surface area contributed by atoms with Gasteiger partial charge in [-0.2, -0.15) is 13.2 Å². The van der Waals surface area contributed by atoms with E-state index < -0.39 is 17.7 Å². The van der Waals surface area contributed by atoms with Crippen LogP contribution in [0.1, 0.15) is 49.2 Å². The zero-order valence-corrected chi connectivity index (χ0v) is 20.6. The fraction of sp³-hybridized carbons (Fsp3) is 0.321. The molecule has 0 saturated carbocycles. The first-order valence-electron chi connectivity index (χ1n) is 11.9. The number of carbonyl (C=O) groups excluding carboxylic acids is 1. The summed E-state index contributed by atoms with van der Waals surface area (Å²) in [5.74, 6) is -0.291. The minimum Gasteiger partial charge on any atom is -0.491 e. The molecular formula is C28H29F3N2O4. The van der Waals surface area contributed by atoms with Crippen LogP contribution in [0.3, 0.4) is 0 Å². The molecule has 0 bridgehead atoms. The zero-order chi connectivity index (χ0) is 27.0. The number of aromatic nitrogens is 1. The molecule has 0 spiro atoms. The van der Waals surface area contributed by atoms with Crippen molar-refractivity contribution in [1.82, 2.24) is 4.98 Å². The first-order chi connectivity index (χ1) is 17.5. The second-order valence-corrected chi connectivity index (χ2v) is 9.01. The van der Waals surface area contributed by atoms with Gasteiger partial charge in [-0.1, -0.05) is 38.1 Å². The number of benzene rings is 2. The molecule has 0 radical (unpaired) electrons. The Bertz CT molecular complexity index is 1180. The number of Topliss-reactive ketones (excluding diaryl/α,β-unsaturated/α-hetero) is 1. The number of nitrogens with zero attached hydrogens (tertiary/aromatic N) is 1. The monoisotopic (exact) mass is 514 g/mol. The molecule has 0 unspecified atom stereocenters. The number of halogens is 3. The van der Waals surface area contributed by atoms with E-state index in [-0.39, 0.29) is 37.0 Å². The number of carboxylic acid groups (broad SMARTS) is 1. The van der Waals surface area contributed by atoms with E-state index in [1.165, 1.54) is 12.1 Å². The lowest BCUT2D eigenvalue weighted by molar-refractivity contribution is -0.138. The van der Waals surface area contributed by atoms with Crippen molar-refractivity contribution in [3.63, 3.8) is 0 Å². The summed E-state index contributed by atoms with van der Waals surface area (Å²) in [6.07, 6.45) is -2.45. The third-order valence-corrected chi connectivity index (χ3v) is 5.83. The van der Waals surface area contributed by atoms with Crippen LogP contribution in [0.2, 0.25) is 0 Å². The van der Waals surface area contributed by atoms with Crippen LogP contribution in [-0.2, 0) is 11.0 Å². The van der Waals surface area contributed by atoms with Gasteiger partial charge in [-0.25, -0.2) is 0 Å². The van der Waals surface area contributed by atoms with Gasteiger partial charge in [-0.3, -0.25) is 14.6 Å². The Labute approximate surface area is 213 Å². The fourth-order valence-corrected chi connectivity index (χ4v) is 3.57. The minimum atomic E-state index is -4.37. The Morgan fingerprint density at radius 3 is 2.08 bits per heavy atom.